The molecule has 2 rings (SSSR count). The van der Waals surface area contributed by atoms with Crippen LogP contribution < -0.4 is 20.3 Å². The molecule has 2 N–H and O–H groups in total. The number of ether oxygens (including phenoxy) is 1. The summed E-state index contributed by atoms with van der Waals surface area (Å²) in [6.45, 7) is 3.66. The molecule has 0 saturated heterocycles. The van der Waals surface area contributed by atoms with Crippen molar-refractivity contribution in [3.63, 3.8) is 0 Å². The van der Waals surface area contributed by atoms with Gasteiger partial charge < -0.3 is 20.3 Å². The highest BCUT2D eigenvalue weighted by Crippen LogP contribution is 2.19. The normalized spacial score (nSPS) is 10.2. The molecule has 7 nitrogen and oxygen atoms in total. The topological polar surface area (TPSA) is 87.7 Å². The molecule has 2 aromatic rings. The molecule has 0 fully saturated rings. The molecule has 0 spiro atoms. The van der Waals surface area contributed by atoms with E-state index < -0.39 is 0 Å². The van der Waals surface area contributed by atoms with Crippen molar-refractivity contribution in [1.29, 1.82) is 0 Å². The van der Waals surface area contributed by atoms with E-state index in [1.54, 1.807) is 31.4 Å². The lowest BCUT2D eigenvalue weighted by molar-refractivity contribution is -0.121. The van der Waals surface area contributed by atoms with Crippen LogP contribution in [0.15, 0.2) is 48.5 Å². The molecular formula is C22H27N3O4. The summed E-state index contributed by atoms with van der Waals surface area (Å²) in [6.07, 6.45) is 0.857. The zero-order valence-electron chi connectivity index (χ0n) is 17.0. The Kier molecular flexibility index (Phi) is 8.21. The van der Waals surface area contributed by atoms with Gasteiger partial charge in [-0.25, -0.2) is 0 Å². The van der Waals surface area contributed by atoms with Crippen LogP contribution in [-0.4, -0.2) is 37.9 Å². The third-order valence-corrected chi connectivity index (χ3v) is 4.35. The van der Waals surface area contributed by atoms with Gasteiger partial charge in [-0.3, -0.25) is 14.4 Å². The summed E-state index contributed by atoms with van der Waals surface area (Å²) in [5.74, 6) is 0.360. The average Bonchev–Trinajstić information content (AvgIpc) is 2.69. The maximum Gasteiger partial charge on any atom is 0.223 e. The number of hydrogen-bond acceptors (Lipinski definition) is 4. The predicted molar refractivity (Wildman–Crippen MR) is 113 cm³/mol. The van der Waals surface area contributed by atoms with Crippen molar-refractivity contribution in [2.24, 2.45) is 0 Å². The third kappa shape index (κ3) is 6.95. The number of methoxy groups -OCH3 is 1. The Balaban J connectivity index is 1.85. The maximum atomic E-state index is 12.2. The van der Waals surface area contributed by atoms with Gasteiger partial charge >= 0.3 is 0 Å². The molecule has 0 bridgehead atoms. The largest absolute Gasteiger partial charge is 0.496 e. The van der Waals surface area contributed by atoms with E-state index in [1.807, 2.05) is 24.3 Å². The second kappa shape index (κ2) is 10.8. The van der Waals surface area contributed by atoms with E-state index in [2.05, 4.69) is 10.6 Å². The van der Waals surface area contributed by atoms with Crippen LogP contribution in [0.25, 0.3) is 0 Å². The molecule has 154 valence electrons. The van der Waals surface area contributed by atoms with Gasteiger partial charge in [0.2, 0.25) is 17.7 Å². The van der Waals surface area contributed by atoms with E-state index in [4.69, 9.17) is 4.74 Å². The van der Waals surface area contributed by atoms with Crippen molar-refractivity contribution in [3.05, 3.63) is 54.1 Å². The number of nitrogens with one attached hydrogen (secondary N) is 2. The molecule has 0 heterocycles. The van der Waals surface area contributed by atoms with Gasteiger partial charge in [-0.2, -0.15) is 0 Å². The van der Waals surface area contributed by atoms with Crippen molar-refractivity contribution in [2.45, 2.75) is 26.7 Å². The first-order valence-electron chi connectivity index (χ1n) is 9.45. The highest BCUT2D eigenvalue weighted by atomic mass is 16.5. The van der Waals surface area contributed by atoms with Crippen molar-refractivity contribution in [3.8, 4) is 5.75 Å². The number of carbonyl (C=O) groups is 3. The first-order valence-corrected chi connectivity index (χ1v) is 9.45. The van der Waals surface area contributed by atoms with Crippen molar-refractivity contribution in [2.75, 3.05) is 30.4 Å². The first-order chi connectivity index (χ1) is 13.9. The maximum absolute atomic E-state index is 12.2. The summed E-state index contributed by atoms with van der Waals surface area (Å²) in [5.41, 5.74) is 2.35. The van der Waals surface area contributed by atoms with E-state index in [0.29, 0.717) is 24.3 Å². The Morgan fingerprint density at radius 1 is 1.00 bits per heavy atom. The molecule has 0 unspecified atom stereocenters. The van der Waals surface area contributed by atoms with Gasteiger partial charge in [0, 0.05) is 44.7 Å². The Labute approximate surface area is 171 Å². The Bertz CT molecular complexity index is 849. The first kappa shape index (κ1) is 21.9. The number of nitrogens with zero attached hydrogens (tertiary/aromatic N) is 1. The fraction of sp³-hybridized carbons (Fsp3) is 0.318. The van der Waals surface area contributed by atoms with E-state index in [0.717, 1.165) is 11.3 Å². The molecule has 0 atom stereocenters. The summed E-state index contributed by atoms with van der Waals surface area (Å²) >= 11 is 0. The summed E-state index contributed by atoms with van der Waals surface area (Å²) in [4.78, 5) is 36.8. The fourth-order valence-electron chi connectivity index (χ4n) is 2.94. The van der Waals surface area contributed by atoms with Gasteiger partial charge in [0.05, 0.1) is 7.11 Å². The molecule has 0 aliphatic rings. The molecule has 0 aliphatic heterocycles. The monoisotopic (exact) mass is 397 g/mol. The SMILES string of the molecule is COc1ccccc1CCNC(=O)CCN(C(C)=O)c1ccc(NC(C)=O)cc1. The van der Waals surface area contributed by atoms with E-state index in [9.17, 15) is 14.4 Å². The minimum absolute atomic E-state index is 0.124. The molecule has 29 heavy (non-hydrogen) atoms. The molecule has 0 radical (unpaired) electrons. The number of carbonyl (C=O) groups excluding carboxylic acids is 3. The number of benzene rings is 2. The number of rotatable bonds is 9. The zero-order chi connectivity index (χ0) is 21.2. The van der Waals surface area contributed by atoms with Crippen molar-refractivity contribution in [1.82, 2.24) is 5.32 Å². The quantitative estimate of drug-likeness (QED) is 0.681. The van der Waals surface area contributed by atoms with Crippen LogP contribution in [0.1, 0.15) is 25.8 Å². The van der Waals surface area contributed by atoms with E-state index in [1.165, 1.54) is 18.7 Å². The van der Waals surface area contributed by atoms with Crippen molar-refractivity contribution < 1.29 is 19.1 Å². The average molecular weight is 397 g/mol. The smallest absolute Gasteiger partial charge is 0.223 e. The molecule has 2 aromatic carbocycles. The van der Waals surface area contributed by atoms with Gasteiger partial charge in [-0.15, -0.1) is 0 Å². The summed E-state index contributed by atoms with van der Waals surface area (Å²) in [5, 5.41) is 5.56. The van der Waals surface area contributed by atoms with E-state index >= 15 is 0 Å². The second-order valence-electron chi connectivity index (χ2n) is 6.56. The van der Waals surface area contributed by atoms with Crippen LogP contribution in [0.3, 0.4) is 0 Å². The lowest BCUT2D eigenvalue weighted by atomic mass is 10.1. The molecule has 0 saturated carbocycles. The molecule has 3 amide bonds. The van der Waals surface area contributed by atoms with Gasteiger partial charge in [0.1, 0.15) is 5.75 Å². The van der Waals surface area contributed by atoms with Crippen LogP contribution >= 0.6 is 0 Å². The number of hydrogen-bond donors (Lipinski definition) is 2. The lowest BCUT2D eigenvalue weighted by Crippen LogP contribution is -2.34. The molecule has 7 heteroatoms. The highest BCUT2D eigenvalue weighted by Gasteiger charge is 2.13. The lowest BCUT2D eigenvalue weighted by Gasteiger charge is -2.21. The number of amides is 3. The number of anilines is 2. The van der Waals surface area contributed by atoms with Gasteiger partial charge in [0.15, 0.2) is 0 Å². The van der Waals surface area contributed by atoms with Crippen LogP contribution in [0.5, 0.6) is 5.75 Å². The summed E-state index contributed by atoms with van der Waals surface area (Å²) in [7, 11) is 1.62. The van der Waals surface area contributed by atoms with Gasteiger partial charge in [-0.1, -0.05) is 18.2 Å². The highest BCUT2D eigenvalue weighted by molar-refractivity contribution is 5.93. The minimum Gasteiger partial charge on any atom is -0.496 e. The second-order valence-corrected chi connectivity index (χ2v) is 6.56. The van der Waals surface area contributed by atoms with E-state index in [-0.39, 0.29) is 30.7 Å². The number of para-hydroxylation sites is 1. The molecular weight excluding hydrogens is 370 g/mol. The Morgan fingerprint density at radius 2 is 1.69 bits per heavy atom. The predicted octanol–water partition coefficient (Wildman–Crippen LogP) is 2.76. The summed E-state index contributed by atoms with van der Waals surface area (Å²) < 4.78 is 5.31. The molecule has 0 aromatic heterocycles. The molecule has 0 aliphatic carbocycles. The van der Waals surface area contributed by atoms with Crippen molar-refractivity contribution >= 4 is 29.1 Å². The van der Waals surface area contributed by atoms with Crippen LogP contribution in [-0.2, 0) is 20.8 Å². The fourth-order valence-corrected chi connectivity index (χ4v) is 2.94. The standard InChI is InChI=1S/C22H27N3O4/c1-16(26)24-19-8-10-20(11-9-19)25(17(2)27)15-13-22(28)23-14-12-18-6-4-5-7-21(18)29-3/h4-11H,12-15H2,1-3H3,(H,23,28)(H,24,26). The van der Waals surface area contributed by atoms with Crippen LogP contribution in [0.2, 0.25) is 0 Å². The van der Waals surface area contributed by atoms with Gasteiger partial charge in [0.25, 0.3) is 0 Å². The zero-order valence-corrected chi connectivity index (χ0v) is 17.0. The Hall–Kier alpha value is -3.35. The minimum atomic E-state index is -0.161. The van der Waals surface area contributed by atoms with Gasteiger partial charge in [-0.05, 0) is 42.3 Å². The Morgan fingerprint density at radius 3 is 2.31 bits per heavy atom. The van der Waals surface area contributed by atoms with Crippen LogP contribution in [0.4, 0.5) is 11.4 Å². The third-order valence-electron chi connectivity index (χ3n) is 4.35. The summed E-state index contributed by atoms with van der Waals surface area (Å²) in [6, 6.07) is 14.6. The van der Waals surface area contributed by atoms with Crippen LogP contribution in [0, 0.1) is 0 Å².